The predicted octanol–water partition coefficient (Wildman–Crippen LogP) is 3.52. The Morgan fingerprint density at radius 3 is 2.66 bits per heavy atom. The third kappa shape index (κ3) is 4.22. The third-order valence-electron chi connectivity index (χ3n) is 5.29. The molecule has 1 aliphatic heterocycles. The summed E-state index contributed by atoms with van der Waals surface area (Å²) >= 11 is 0. The van der Waals surface area contributed by atoms with E-state index in [0.717, 1.165) is 52.7 Å². The smallest absolute Gasteiger partial charge is 0.255 e. The van der Waals surface area contributed by atoms with Crippen LogP contribution in [0.25, 0.3) is 11.3 Å². The molecular formula is C23H26N4O2. The van der Waals surface area contributed by atoms with E-state index in [1.807, 2.05) is 56.3 Å². The fourth-order valence-corrected chi connectivity index (χ4v) is 3.63. The highest BCUT2D eigenvalue weighted by molar-refractivity contribution is 5.60. The summed E-state index contributed by atoms with van der Waals surface area (Å²) in [6, 6.07) is 14.0. The van der Waals surface area contributed by atoms with Gasteiger partial charge in [-0.1, -0.05) is 19.9 Å². The van der Waals surface area contributed by atoms with E-state index in [1.54, 1.807) is 7.11 Å². The van der Waals surface area contributed by atoms with Crippen molar-refractivity contribution in [1.29, 1.82) is 0 Å². The molecule has 1 N–H and O–H groups in total. The molecular weight excluding hydrogens is 364 g/mol. The van der Waals surface area contributed by atoms with E-state index in [1.165, 1.54) is 0 Å². The summed E-state index contributed by atoms with van der Waals surface area (Å²) in [5, 5.41) is 0. The molecule has 3 heterocycles. The van der Waals surface area contributed by atoms with E-state index in [2.05, 4.69) is 14.9 Å². The van der Waals surface area contributed by atoms with E-state index < -0.39 is 0 Å². The monoisotopic (exact) mass is 390 g/mol. The number of H-pyrrole nitrogens is 1. The van der Waals surface area contributed by atoms with E-state index >= 15 is 0 Å². The highest BCUT2D eigenvalue weighted by Gasteiger charge is 2.22. The number of fused-ring (bicyclic) bond motifs is 1. The van der Waals surface area contributed by atoms with Crippen LogP contribution >= 0.6 is 0 Å². The molecule has 0 unspecified atom stereocenters. The molecule has 29 heavy (non-hydrogen) atoms. The molecule has 0 amide bonds. The van der Waals surface area contributed by atoms with Crippen LogP contribution in [-0.4, -0.2) is 33.5 Å². The van der Waals surface area contributed by atoms with Crippen LogP contribution in [0.4, 0.5) is 0 Å². The molecule has 0 aliphatic carbocycles. The van der Waals surface area contributed by atoms with E-state index in [9.17, 15) is 4.79 Å². The van der Waals surface area contributed by atoms with Crippen LogP contribution in [0.3, 0.4) is 0 Å². The number of rotatable bonds is 5. The van der Waals surface area contributed by atoms with Gasteiger partial charge in [0.05, 0.1) is 29.8 Å². The highest BCUT2D eigenvalue weighted by atomic mass is 16.5. The first-order valence-electron chi connectivity index (χ1n) is 9.98. The van der Waals surface area contributed by atoms with Crippen molar-refractivity contribution in [2.75, 3.05) is 13.7 Å². The second-order valence-corrected chi connectivity index (χ2v) is 7.73. The maximum absolute atomic E-state index is 12.5. The molecule has 150 valence electrons. The Bertz CT molecular complexity index is 1060. The fraction of sp³-hybridized carbons (Fsp3) is 0.348. The van der Waals surface area contributed by atoms with Crippen molar-refractivity contribution in [3.8, 4) is 17.0 Å². The van der Waals surface area contributed by atoms with Gasteiger partial charge in [-0.15, -0.1) is 0 Å². The van der Waals surface area contributed by atoms with Gasteiger partial charge in [-0.05, 0) is 36.4 Å². The maximum atomic E-state index is 12.5. The molecule has 0 fully saturated rings. The number of ether oxygens (including phenoxy) is 1. The summed E-state index contributed by atoms with van der Waals surface area (Å²) in [7, 11) is 1.66. The standard InChI is InChI=1S/C23H26N4O2/c1-15(2)22-25-21-11-12-27(14-19(21)23(28)26-22)13-17-5-4-6-20(24-17)16-7-9-18(29-3)10-8-16/h4-10,15H,11-14H2,1-3H3,(H,25,26,28). The average Bonchev–Trinajstić information content (AvgIpc) is 2.74. The summed E-state index contributed by atoms with van der Waals surface area (Å²) in [5.41, 5.74) is 4.69. The van der Waals surface area contributed by atoms with Gasteiger partial charge in [0.25, 0.3) is 5.56 Å². The predicted molar refractivity (Wildman–Crippen MR) is 113 cm³/mol. The topological polar surface area (TPSA) is 71.1 Å². The van der Waals surface area contributed by atoms with Crippen molar-refractivity contribution in [2.45, 2.75) is 39.3 Å². The summed E-state index contributed by atoms with van der Waals surface area (Å²) in [4.78, 5) is 27.2. The zero-order chi connectivity index (χ0) is 20.4. The lowest BCUT2D eigenvalue weighted by atomic mass is 10.1. The normalized spacial score (nSPS) is 14.1. The molecule has 1 aromatic carbocycles. The molecule has 2 aromatic heterocycles. The highest BCUT2D eigenvalue weighted by Crippen LogP contribution is 2.22. The minimum Gasteiger partial charge on any atom is -0.497 e. The Hall–Kier alpha value is -2.99. The lowest BCUT2D eigenvalue weighted by Gasteiger charge is -2.27. The Balaban J connectivity index is 1.51. The number of pyridine rings is 1. The molecule has 0 saturated carbocycles. The maximum Gasteiger partial charge on any atom is 0.255 e. The molecule has 1 aliphatic rings. The van der Waals surface area contributed by atoms with Crippen LogP contribution in [0.15, 0.2) is 47.3 Å². The molecule has 0 atom stereocenters. The van der Waals surface area contributed by atoms with E-state index in [0.29, 0.717) is 13.1 Å². The second-order valence-electron chi connectivity index (χ2n) is 7.73. The summed E-state index contributed by atoms with van der Waals surface area (Å²) in [6.45, 7) is 6.26. The van der Waals surface area contributed by atoms with Gasteiger partial charge in [0.1, 0.15) is 11.6 Å². The Morgan fingerprint density at radius 2 is 1.93 bits per heavy atom. The molecule has 0 bridgehead atoms. The van der Waals surface area contributed by atoms with Gasteiger partial charge in [-0.25, -0.2) is 4.98 Å². The summed E-state index contributed by atoms with van der Waals surface area (Å²) in [5.74, 6) is 1.82. The van der Waals surface area contributed by atoms with Crippen molar-refractivity contribution >= 4 is 0 Å². The molecule has 6 nitrogen and oxygen atoms in total. The molecule has 0 radical (unpaired) electrons. The first kappa shape index (κ1) is 19.3. The van der Waals surface area contributed by atoms with Crippen molar-refractivity contribution in [2.24, 2.45) is 0 Å². The molecule has 0 saturated heterocycles. The van der Waals surface area contributed by atoms with Crippen molar-refractivity contribution in [3.05, 3.63) is 75.6 Å². The fourth-order valence-electron chi connectivity index (χ4n) is 3.63. The minimum absolute atomic E-state index is 0.0108. The van der Waals surface area contributed by atoms with Crippen molar-refractivity contribution in [3.63, 3.8) is 0 Å². The molecule has 6 heteroatoms. The number of aromatic amines is 1. The molecule has 3 aromatic rings. The number of nitrogens with one attached hydrogen (secondary N) is 1. The average molecular weight is 390 g/mol. The Morgan fingerprint density at radius 1 is 1.14 bits per heavy atom. The summed E-state index contributed by atoms with van der Waals surface area (Å²) < 4.78 is 5.23. The van der Waals surface area contributed by atoms with Gasteiger partial charge in [0, 0.05) is 37.5 Å². The first-order chi connectivity index (χ1) is 14.0. The number of aromatic nitrogens is 3. The van der Waals surface area contributed by atoms with Gasteiger partial charge in [-0.3, -0.25) is 14.7 Å². The Labute approximate surface area is 170 Å². The van der Waals surface area contributed by atoms with Crippen molar-refractivity contribution < 1.29 is 4.74 Å². The molecule has 4 rings (SSSR count). The summed E-state index contributed by atoms with van der Waals surface area (Å²) in [6.07, 6.45) is 0.789. The number of nitrogens with zero attached hydrogens (tertiary/aromatic N) is 3. The lowest BCUT2D eigenvalue weighted by Crippen LogP contribution is -2.36. The van der Waals surface area contributed by atoms with Gasteiger partial charge < -0.3 is 9.72 Å². The van der Waals surface area contributed by atoms with Gasteiger partial charge in [-0.2, -0.15) is 0 Å². The first-order valence-corrected chi connectivity index (χ1v) is 9.98. The van der Waals surface area contributed by atoms with Crippen molar-refractivity contribution in [1.82, 2.24) is 19.9 Å². The molecule has 0 spiro atoms. The number of benzene rings is 1. The van der Waals surface area contributed by atoms with Crippen LogP contribution in [0.2, 0.25) is 0 Å². The van der Waals surface area contributed by atoms with Crippen LogP contribution in [-0.2, 0) is 19.5 Å². The number of hydrogen-bond donors (Lipinski definition) is 1. The van der Waals surface area contributed by atoms with E-state index in [4.69, 9.17) is 9.72 Å². The van der Waals surface area contributed by atoms with Gasteiger partial charge in [0.15, 0.2) is 0 Å². The number of hydrogen-bond acceptors (Lipinski definition) is 5. The van der Waals surface area contributed by atoms with Crippen LogP contribution < -0.4 is 10.3 Å². The lowest BCUT2D eigenvalue weighted by molar-refractivity contribution is 0.238. The van der Waals surface area contributed by atoms with Crippen LogP contribution in [0, 0.1) is 0 Å². The largest absolute Gasteiger partial charge is 0.497 e. The zero-order valence-electron chi connectivity index (χ0n) is 17.1. The number of methoxy groups -OCH3 is 1. The van der Waals surface area contributed by atoms with E-state index in [-0.39, 0.29) is 11.5 Å². The van der Waals surface area contributed by atoms with Crippen LogP contribution in [0.1, 0.15) is 42.5 Å². The van der Waals surface area contributed by atoms with Crippen LogP contribution in [0.5, 0.6) is 5.75 Å². The zero-order valence-corrected chi connectivity index (χ0v) is 17.1. The quantitative estimate of drug-likeness (QED) is 0.722. The SMILES string of the molecule is COc1ccc(-c2cccc(CN3CCc4nc(C(C)C)[nH]c(=O)c4C3)n2)cc1. The van der Waals surface area contributed by atoms with Gasteiger partial charge in [0.2, 0.25) is 0 Å². The third-order valence-corrected chi connectivity index (χ3v) is 5.29. The van der Waals surface area contributed by atoms with Gasteiger partial charge >= 0.3 is 0 Å². The second kappa shape index (κ2) is 8.17. The minimum atomic E-state index is -0.0108. The Kier molecular flexibility index (Phi) is 5.45.